The van der Waals surface area contributed by atoms with Crippen molar-refractivity contribution in [1.29, 1.82) is 0 Å². The number of benzene rings is 1. The van der Waals surface area contributed by atoms with Crippen molar-refractivity contribution in [1.82, 2.24) is 5.32 Å². The van der Waals surface area contributed by atoms with E-state index in [1.807, 2.05) is 23.9 Å². The lowest BCUT2D eigenvalue weighted by Crippen LogP contribution is -2.27. The molecule has 1 unspecified atom stereocenters. The minimum absolute atomic E-state index is 0.623. The van der Waals surface area contributed by atoms with Gasteiger partial charge in [-0.1, -0.05) is 25.5 Å². The molecule has 1 N–H and O–H groups in total. The average molecular weight is 253 g/mol. The molecule has 17 heavy (non-hydrogen) atoms. The first-order valence-electron chi connectivity index (χ1n) is 6.27. The van der Waals surface area contributed by atoms with Crippen molar-refractivity contribution in [2.45, 2.75) is 37.6 Å². The van der Waals surface area contributed by atoms with Crippen LogP contribution >= 0.6 is 11.8 Å². The fraction of sp³-hybridized carbons (Fsp3) is 0.571. The predicted octanol–water partition coefficient (Wildman–Crippen LogP) is 3.57. The van der Waals surface area contributed by atoms with Crippen molar-refractivity contribution in [3.8, 4) is 5.75 Å². The highest BCUT2D eigenvalue weighted by Crippen LogP contribution is 2.28. The van der Waals surface area contributed by atoms with Crippen LogP contribution in [0.15, 0.2) is 29.2 Å². The summed E-state index contributed by atoms with van der Waals surface area (Å²) in [4.78, 5) is 1.22. The number of hydrogen-bond donors (Lipinski definition) is 1. The lowest BCUT2D eigenvalue weighted by Gasteiger charge is -2.12. The average Bonchev–Trinajstić information content (AvgIpc) is 2.35. The topological polar surface area (TPSA) is 21.3 Å². The van der Waals surface area contributed by atoms with Crippen molar-refractivity contribution in [3.05, 3.63) is 24.3 Å². The normalized spacial score (nSPS) is 12.4. The predicted molar refractivity (Wildman–Crippen MR) is 76.1 cm³/mol. The van der Waals surface area contributed by atoms with Crippen LogP contribution in [-0.2, 0) is 0 Å². The maximum absolute atomic E-state index is 5.32. The molecule has 1 aromatic rings. The lowest BCUT2D eigenvalue weighted by molar-refractivity contribution is 0.405. The smallest absolute Gasteiger partial charge is 0.132 e. The van der Waals surface area contributed by atoms with Gasteiger partial charge in [0.2, 0.25) is 0 Å². The summed E-state index contributed by atoms with van der Waals surface area (Å²) in [7, 11) is 1.72. The summed E-state index contributed by atoms with van der Waals surface area (Å²) in [6.07, 6.45) is 2.49. The van der Waals surface area contributed by atoms with Crippen molar-refractivity contribution >= 4 is 11.8 Å². The van der Waals surface area contributed by atoms with E-state index in [1.54, 1.807) is 7.11 Å². The molecule has 0 heterocycles. The molecule has 0 saturated carbocycles. The Hall–Kier alpha value is -0.670. The van der Waals surface area contributed by atoms with Gasteiger partial charge in [-0.05, 0) is 25.5 Å². The Morgan fingerprint density at radius 1 is 1.35 bits per heavy atom. The summed E-state index contributed by atoms with van der Waals surface area (Å²) in [5.41, 5.74) is 0. The fourth-order valence-electron chi connectivity index (χ4n) is 1.74. The van der Waals surface area contributed by atoms with E-state index >= 15 is 0 Å². The van der Waals surface area contributed by atoms with Gasteiger partial charge in [0.15, 0.2) is 0 Å². The van der Waals surface area contributed by atoms with Gasteiger partial charge in [0.1, 0.15) is 5.75 Å². The molecule has 0 aliphatic rings. The van der Waals surface area contributed by atoms with E-state index in [-0.39, 0.29) is 0 Å². The standard InChI is InChI=1S/C14H23NOS/c1-4-7-12(2)15-10-11-17-14-9-6-5-8-13(14)16-3/h5-6,8-9,12,15H,4,7,10-11H2,1-3H3. The van der Waals surface area contributed by atoms with Gasteiger partial charge in [-0.2, -0.15) is 0 Å². The number of thioether (sulfide) groups is 1. The van der Waals surface area contributed by atoms with E-state index in [9.17, 15) is 0 Å². The monoisotopic (exact) mass is 253 g/mol. The number of nitrogens with one attached hydrogen (secondary N) is 1. The number of rotatable bonds is 8. The second kappa shape index (κ2) is 8.43. The van der Waals surface area contributed by atoms with Gasteiger partial charge in [0.25, 0.3) is 0 Å². The largest absolute Gasteiger partial charge is 0.496 e. The molecule has 0 fully saturated rings. The Bertz CT molecular complexity index is 317. The molecule has 0 amide bonds. The molecule has 0 aliphatic carbocycles. The van der Waals surface area contributed by atoms with E-state index in [0.29, 0.717) is 6.04 Å². The molecule has 1 rings (SSSR count). The third-order valence-corrected chi connectivity index (χ3v) is 3.70. The molecule has 0 aliphatic heterocycles. The third-order valence-electron chi connectivity index (χ3n) is 2.64. The van der Waals surface area contributed by atoms with Crippen LogP contribution in [0.5, 0.6) is 5.75 Å². The van der Waals surface area contributed by atoms with E-state index in [1.165, 1.54) is 17.7 Å². The molecule has 0 saturated heterocycles. The van der Waals surface area contributed by atoms with Crippen LogP contribution < -0.4 is 10.1 Å². The van der Waals surface area contributed by atoms with Crippen LogP contribution in [0.2, 0.25) is 0 Å². The Balaban J connectivity index is 2.26. The van der Waals surface area contributed by atoms with Crippen molar-refractivity contribution in [2.75, 3.05) is 19.4 Å². The van der Waals surface area contributed by atoms with Crippen LogP contribution in [-0.4, -0.2) is 25.4 Å². The highest BCUT2D eigenvalue weighted by atomic mass is 32.2. The van der Waals surface area contributed by atoms with E-state index in [4.69, 9.17) is 4.74 Å². The number of ether oxygens (including phenoxy) is 1. The number of para-hydroxylation sites is 1. The van der Waals surface area contributed by atoms with E-state index in [0.717, 1.165) is 18.0 Å². The van der Waals surface area contributed by atoms with Gasteiger partial charge in [-0.15, -0.1) is 11.8 Å². The highest BCUT2D eigenvalue weighted by molar-refractivity contribution is 7.99. The van der Waals surface area contributed by atoms with Crippen molar-refractivity contribution < 1.29 is 4.74 Å². The van der Waals surface area contributed by atoms with Crippen molar-refractivity contribution in [3.63, 3.8) is 0 Å². The van der Waals surface area contributed by atoms with Gasteiger partial charge < -0.3 is 10.1 Å². The molecule has 2 nitrogen and oxygen atoms in total. The minimum atomic E-state index is 0.623. The minimum Gasteiger partial charge on any atom is -0.496 e. The molecular formula is C14H23NOS. The summed E-state index contributed by atoms with van der Waals surface area (Å²) in [6, 6.07) is 8.80. The first kappa shape index (κ1) is 14.4. The quantitative estimate of drug-likeness (QED) is 0.565. The maximum atomic E-state index is 5.32. The molecule has 1 atom stereocenters. The van der Waals surface area contributed by atoms with E-state index < -0.39 is 0 Å². The summed E-state index contributed by atoms with van der Waals surface area (Å²) in [6.45, 7) is 5.52. The summed E-state index contributed by atoms with van der Waals surface area (Å²) in [5.74, 6) is 2.05. The molecule has 96 valence electrons. The fourth-order valence-corrected chi connectivity index (χ4v) is 2.65. The number of methoxy groups -OCH3 is 1. The first-order chi connectivity index (χ1) is 8.27. The summed E-state index contributed by atoms with van der Waals surface area (Å²) in [5, 5.41) is 3.53. The van der Waals surface area contributed by atoms with Crippen LogP contribution in [0, 0.1) is 0 Å². The van der Waals surface area contributed by atoms with Crippen LogP contribution in [0.1, 0.15) is 26.7 Å². The maximum Gasteiger partial charge on any atom is 0.132 e. The first-order valence-corrected chi connectivity index (χ1v) is 7.25. The molecule has 0 spiro atoms. The molecular weight excluding hydrogens is 230 g/mol. The van der Waals surface area contributed by atoms with Crippen LogP contribution in [0.25, 0.3) is 0 Å². The summed E-state index contributed by atoms with van der Waals surface area (Å²) >= 11 is 1.84. The molecule has 0 bridgehead atoms. The van der Waals surface area contributed by atoms with Gasteiger partial charge in [-0.3, -0.25) is 0 Å². The highest BCUT2D eigenvalue weighted by Gasteiger charge is 2.02. The van der Waals surface area contributed by atoms with Gasteiger partial charge in [0, 0.05) is 23.2 Å². The molecule has 1 aromatic carbocycles. The molecule has 0 aromatic heterocycles. The second-order valence-corrected chi connectivity index (χ2v) is 5.28. The Labute approximate surface area is 109 Å². The van der Waals surface area contributed by atoms with Crippen LogP contribution in [0.3, 0.4) is 0 Å². The number of hydrogen-bond acceptors (Lipinski definition) is 3. The van der Waals surface area contributed by atoms with Gasteiger partial charge in [0.05, 0.1) is 7.11 Å². The van der Waals surface area contributed by atoms with Crippen LogP contribution in [0.4, 0.5) is 0 Å². The zero-order chi connectivity index (χ0) is 12.5. The Morgan fingerprint density at radius 2 is 2.12 bits per heavy atom. The van der Waals surface area contributed by atoms with Gasteiger partial charge in [-0.25, -0.2) is 0 Å². The third kappa shape index (κ3) is 5.46. The molecule has 3 heteroatoms. The van der Waals surface area contributed by atoms with Crippen molar-refractivity contribution in [2.24, 2.45) is 0 Å². The zero-order valence-corrected chi connectivity index (χ0v) is 11.8. The Kier molecular flexibility index (Phi) is 7.13. The second-order valence-electron chi connectivity index (χ2n) is 4.14. The summed E-state index contributed by atoms with van der Waals surface area (Å²) < 4.78 is 5.32. The van der Waals surface area contributed by atoms with E-state index in [2.05, 4.69) is 31.3 Å². The van der Waals surface area contributed by atoms with Gasteiger partial charge >= 0.3 is 0 Å². The molecule has 0 radical (unpaired) electrons. The Morgan fingerprint density at radius 3 is 2.82 bits per heavy atom. The SMILES string of the molecule is CCCC(C)NCCSc1ccccc1OC. The lowest BCUT2D eigenvalue weighted by atomic mass is 10.2. The zero-order valence-electron chi connectivity index (χ0n) is 11.0.